The van der Waals surface area contributed by atoms with Crippen LogP contribution >= 0.6 is 15.9 Å². The molecule has 1 heterocycles. The first-order valence-corrected chi connectivity index (χ1v) is 11.8. The van der Waals surface area contributed by atoms with Crippen LogP contribution in [0.4, 0.5) is 0 Å². The second-order valence-corrected chi connectivity index (χ2v) is 10.6. The van der Waals surface area contributed by atoms with Gasteiger partial charge in [0.05, 0.1) is 17.5 Å². The molecule has 27 heavy (non-hydrogen) atoms. The van der Waals surface area contributed by atoms with Crippen molar-refractivity contribution in [1.82, 2.24) is 0 Å². The van der Waals surface area contributed by atoms with E-state index >= 15 is 0 Å². The average Bonchev–Trinajstić information content (AvgIpc) is 2.65. The lowest BCUT2D eigenvalue weighted by Gasteiger charge is -2.29. The van der Waals surface area contributed by atoms with Crippen LogP contribution in [0.5, 0.6) is 0 Å². The first kappa shape index (κ1) is 20.2. The molecule has 1 aliphatic heterocycles. The predicted molar refractivity (Wildman–Crippen MR) is 113 cm³/mol. The van der Waals surface area contributed by atoms with Crippen molar-refractivity contribution < 1.29 is 8.42 Å². The standard InChI is InChI=1S/C21H24BrNO3S/c1-15-4-2-3-5-19(15)20(16-6-8-18(22)9-7-16)14-21(23-24)17-10-12-27(25,26)13-11-17/h2-9,17,20-21H,10-14H2,1H3. The van der Waals surface area contributed by atoms with Crippen LogP contribution in [0, 0.1) is 17.7 Å². The summed E-state index contributed by atoms with van der Waals surface area (Å²) in [7, 11) is -2.95. The Morgan fingerprint density at radius 2 is 1.70 bits per heavy atom. The van der Waals surface area contributed by atoms with Crippen molar-refractivity contribution in [2.24, 2.45) is 11.1 Å². The number of rotatable bonds is 6. The van der Waals surface area contributed by atoms with Gasteiger partial charge in [-0.05, 0) is 60.9 Å². The first-order chi connectivity index (χ1) is 12.9. The first-order valence-electron chi connectivity index (χ1n) is 9.23. The van der Waals surface area contributed by atoms with E-state index in [1.807, 2.05) is 24.3 Å². The fourth-order valence-electron chi connectivity index (χ4n) is 3.97. The normalized spacial score (nSPS) is 19.3. The number of hydrogen-bond acceptors (Lipinski definition) is 4. The van der Waals surface area contributed by atoms with Gasteiger partial charge in [0.2, 0.25) is 0 Å². The van der Waals surface area contributed by atoms with Crippen LogP contribution in [-0.2, 0) is 9.84 Å². The molecule has 144 valence electrons. The minimum absolute atomic E-state index is 0.0352. The highest BCUT2D eigenvalue weighted by Crippen LogP contribution is 2.36. The smallest absolute Gasteiger partial charge is 0.150 e. The summed E-state index contributed by atoms with van der Waals surface area (Å²) in [4.78, 5) is 11.7. The summed E-state index contributed by atoms with van der Waals surface area (Å²) in [6.45, 7) is 2.08. The van der Waals surface area contributed by atoms with E-state index in [2.05, 4.69) is 52.3 Å². The maximum absolute atomic E-state index is 11.7. The van der Waals surface area contributed by atoms with Crippen LogP contribution in [0.3, 0.4) is 0 Å². The number of benzene rings is 2. The van der Waals surface area contributed by atoms with Crippen molar-refractivity contribution in [3.05, 3.63) is 74.6 Å². The Bertz CT molecular complexity index is 882. The Morgan fingerprint density at radius 3 is 2.30 bits per heavy atom. The molecule has 0 saturated carbocycles. The third-order valence-electron chi connectivity index (χ3n) is 5.59. The topological polar surface area (TPSA) is 63.6 Å². The second-order valence-electron chi connectivity index (χ2n) is 7.36. The number of hydrogen-bond donors (Lipinski definition) is 0. The molecule has 1 aliphatic rings. The fourth-order valence-corrected chi connectivity index (χ4v) is 5.76. The lowest BCUT2D eigenvalue weighted by Crippen LogP contribution is -2.31. The van der Waals surface area contributed by atoms with E-state index in [1.54, 1.807) is 0 Å². The molecule has 4 nitrogen and oxygen atoms in total. The van der Waals surface area contributed by atoms with Crippen LogP contribution < -0.4 is 0 Å². The molecular weight excluding hydrogens is 426 g/mol. The quantitative estimate of drug-likeness (QED) is 0.566. The Kier molecular flexibility index (Phi) is 6.48. The van der Waals surface area contributed by atoms with Crippen LogP contribution in [0.25, 0.3) is 0 Å². The van der Waals surface area contributed by atoms with Gasteiger partial charge in [0, 0.05) is 10.4 Å². The van der Waals surface area contributed by atoms with Gasteiger partial charge < -0.3 is 0 Å². The van der Waals surface area contributed by atoms with Gasteiger partial charge in [0.25, 0.3) is 0 Å². The molecule has 6 heteroatoms. The van der Waals surface area contributed by atoms with Crippen molar-refractivity contribution in [2.45, 2.75) is 38.1 Å². The molecule has 1 fully saturated rings. The SMILES string of the molecule is Cc1ccccc1C(CC(N=O)C1CCS(=O)(=O)CC1)c1ccc(Br)cc1. The Labute approximate surface area is 169 Å². The summed E-state index contributed by atoms with van der Waals surface area (Å²) in [6, 6.07) is 16.0. The Hall–Kier alpha value is -1.53. The third-order valence-corrected chi connectivity index (χ3v) is 7.84. The molecule has 2 aromatic rings. The minimum atomic E-state index is -2.95. The van der Waals surface area contributed by atoms with Gasteiger partial charge in [-0.1, -0.05) is 57.5 Å². The molecule has 0 bridgehead atoms. The summed E-state index contributed by atoms with van der Waals surface area (Å²) in [5, 5.41) is 3.44. The van der Waals surface area contributed by atoms with E-state index in [0.717, 1.165) is 10.0 Å². The van der Waals surface area contributed by atoms with E-state index in [-0.39, 0.29) is 29.4 Å². The summed E-state index contributed by atoms with van der Waals surface area (Å²) in [5.41, 5.74) is 3.52. The van der Waals surface area contributed by atoms with Gasteiger partial charge in [-0.25, -0.2) is 8.42 Å². The predicted octanol–water partition coefficient (Wildman–Crippen LogP) is 5.24. The van der Waals surface area contributed by atoms with Crippen molar-refractivity contribution in [1.29, 1.82) is 0 Å². The average molecular weight is 450 g/mol. The molecule has 0 amide bonds. The van der Waals surface area contributed by atoms with E-state index in [9.17, 15) is 13.3 Å². The minimum Gasteiger partial charge on any atom is -0.229 e. The monoisotopic (exact) mass is 449 g/mol. The fraction of sp³-hybridized carbons (Fsp3) is 0.429. The molecule has 1 saturated heterocycles. The highest BCUT2D eigenvalue weighted by Gasteiger charge is 2.33. The van der Waals surface area contributed by atoms with Crippen LogP contribution in [-0.4, -0.2) is 26.0 Å². The molecule has 0 spiro atoms. The van der Waals surface area contributed by atoms with Gasteiger partial charge in [-0.2, -0.15) is 4.91 Å². The number of nitrogens with zero attached hydrogens (tertiary/aromatic N) is 1. The van der Waals surface area contributed by atoms with E-state index in [4.69, 9.17) is 0 Å². The molecule has 2 atom stereocenters. The summed E-state index contributed by atoms with van der Waals surface area (Å²) >= 11 is 3.48. The maximum Gasteiger partial charge on any atom is 0.150 e. The zero-order valence-corrected chi connectivity index (χ0v) is 17.7. The maximum atomic E-state index is 11.7. The summed E-state index contributed by atoms with van der Waals surface area (Å²) in [6.07, 6.45) is 1.65. The van der Waals surface area contributed by atoms with Gasteiger partial charge in [0.1, 0.15) is 9.84 Å². The number of sulfone groups is 1. The van der Waals surface area contributed by atoms with Crippen molar-refractivity contribution in [3.8, 4) is 0 Å². The molecule has 3 rings (SSSR count). The van der Waals surface area contributed by atoms with Gasteiger partial charge in [-0.15, -0.1) is 0 Å². The van der Waals surface area contributed by atoms with Crippen LogP contribution in [0.15, 0.2) is 58.2 Å². The number of halogens is 1. The molecule has 0 aromatic heterocycles. The Morgan fingerprint density at radius 1 is 1.07 bits per heavy atom. The largest absolute Gasteiger partial charge is 0.229 e. The lowest BCUT2D eigenvalue weighted by molar-refractivity contribution is 0.357. The van der Waals surface area contributed by atoms with Crippen molar-refractivity contribution >= 4 is 25.8 Å². The lowest BCUT2D eigenvalue weighted by atomic mass is 9.80. The van der Waals surface area contributed by atoms with Crippen molar-refractivity contribution in [2.75, 3.05) is 11.5 Å². The van der Waals surface area contributed by atoms with Gasteiger partial charge in [0.15, 0.2) is 0 Å². The number of aryl methyl sites for hydroxylation is 1. The highest BCUT2D eigenvalue weighted by molar-refractivity contribution is 9.10. The molecule has 2 unspecified atom stereocenters. The van der Waals surface area contributed by atoms with E-state index in [1.165, 1.54) is 11.1 Å². The van der Waals surface area contributed by atoms with Crippen LogP contribution in [0.2, 0.25) is 0 Å². The second kappa shape index (κ2) is 8.65. The van der Waals surface area contributed by atoms with Crippen molar-refractivity contribution in [3.63, 3.8) is 0 Å². The molecular formula is C21H24BrNO3S. The summed E-state index contributed by atoms with van der Waals surface area (Å²) in [5.74, 6) is 0.419. The van der Waals surface area contributed by atoms with Gasteiger partial charge >= 0.3 is 0 Å². The Balaban J connectivity index is 1.89. The molecule has 0 aliphatic carbocycles. The third kappa shape index (κ3) is 5.05. The van der Waals surface area contributed by atoms with E-state index in [0.29, 0.717) is 19.3 Å². The zero-order chi connectivity index (χ0) is 19.4. The van der Waals surface area contributed by atoms with Gasteiger partial charge in [-0.3, -0.25) is 0 Å². The molecule has 0 radical (unpaired) electrons. The molecule has 2 aromatic carbocycles. The molecule has 0 N–H and O–H groups in total. The number of nitroso groups, excluding NO2 is 1. The highest BCUT2D eigenvalue weighted by atomic mass is 79.9. The van der Waals surface area contributed by atoms with E-state index < -0.39 is 9.84 Å². The zero-order valence-electron chi connectivity index (χ0n) is 15.3. The summed E-state index contributed by atoms with van der Waals surface area (Å²) < 4.78 is 24.5. The van der Waals surface area contributed by atoms with Crippen LogP contribution in [0.1, 0.15) is 41.9 Å².